The third-order valence-electron chi connectivity index (χ3n) is 8.60. The van der Waals surface area contributed by atoms with E-state index >= 15 is 4.57 Å². The Morgan fingerprint density at radius 3 is 1.75 bits per heavy atom. The number of hydrogen-bond donors (Lipinski definition) is 0. The highest BCUT2D eigenvalue weighted by Crippen LogP contribution is 2.52. The van der Waals surface area contributed by atoms with Crippen LogP contribution in [0, 0.1) is 11.3 Å². The third-order valence-corrected chi connectivity index (χ3v) is 11.6. The van der Waals surface area contributed by atoms with E-state index in [4.69, 9.17) is 0 Å². The Morgan fingerprint density at radius 2 is 1.18 bits per heavy atom. The van der Waals surface area contributed by atoms with E-state index in [1.807, 2.05) is 78.9 Å². The lowest BCUT2D eigenvalue weighted by atomic mass is 9.73. The van der Waals surface area contributed by atoms with Crippen LogP contribution in [-0.2, 0) is 9.98 Å². The van der Waals surface area contributed by atoms with Crippen molar-refractivity contribution in [3.8, 4) is 17.2 Å². The average molecular weight is 588 g/mol. The summed E-state index contributed by atoms with van der Waals surface area (Å²) in [6, 6.07) is 46.4. The van der Waals surface area contributed by atoms with Crippen molar-refractivity contribution in [2.45, 2.75) is 19.3 Å². The molecule has 0 saturated heterocycles. The van der Waals surface area contributed by atoms with Gasteiger partial charge in [0.15, 0.2) is 7.14 Å². The molecule has 6 aromatic rings. The summed E-state index contributed by atoms with van der Waals surface area (Å²) in [5, 5.41) is 12.3. The zero-order valence-corrected chi connectivity index (χ0v) is 25.4. The van der Waals surface area contributed by atoms with Gasteiger partial charge >= 0.3 is 0 Å². The quantitative estimate of drug-likeness (QED) is 0.190. The third kappa shape index (κ3) is 4.45. The molecule has 0 bridgehead atoms. The van der Waals surface area contributed by atoms with Gasteiger partial charge in [-0.3, -0.25) is 4.98 Å². The van der Waals surface area contributed by atoms with Crippen LogP contribution in [0.25, 0.3) is 11.1 Å². The van der Waals surface area contributed by atoms with Gasteiger partial charge in [-0.15, -0.1) is 0 Å². The standard InChI is InChI=1S/C39H30N3OP/c1-39(2)35-17-9-11-19-37(35)42(38-20-12-10-18-36(38)39)31-22-28(25-40)21-29(23-31)30-24-34(27-41-26-30)44(43,32-13-5-3-6-14-32)33-15-7-4-8-16-33/h3-24,26-27H,1-2H3. The number of rotatable bonds is 5. The summed E-state index contributed by atoms with van der Waals surface area (Å²) in [5.41, 5.74) is 7.48. The summed E-state index contributed by atoms with van der Waals surface area (Å²) >= 11 is 0. The van der Waals surface area contributed by atoms with E-state index < -0.39 is 7.14 Å². The number of pyridine rings is 1. The van der Waals surface area contributed by atoms with E-state index in [2.05, 4.69) is 84.4 Å². The first-order valence-electron chi connectivity index (χ1n) is 14.6. The minimum atomic E-state index is -3.22. The van der Waals surface area contributed by atoms with Gasteiger partial charge < -0.3 is 9.46 Å². The minimum absolute atomic E-state index is 0.187. The maximum absolute atomic E-state index is 15.1. The van der Waals surface area contributed by atoms with E-state index in [1.165, 1.54) is 11.1 Å². The summed E-state index contributed by atoms with van der Waals surface area (Å²) in [6.07, 6.45) is 3.49. The van der Waals surface area contributed by atoms with Gasteiger partial charge in [-0.25, -0.2) is 0 Å². The highest BCUT2D eigenvalue weighted by atomic mass is 31.2. The van der Waals surface area contributed by atoms with Crippen LogP contribution in [0.3, 0.4) is 0 Å². The molecule has 1 aliphatic rings. The molecule has 7 rings (SSSR count). The van der Waals surface area contributed by atoms with Gasteiger partial charge in [-0.05, 0) is 53.1 Å². The van der Waals surface area contributed by atoms with Crippen LogP contribution in [-0.4, -0.2) is 4.98 Å². The zero-order chi connectivity index (χ0) is 30.3. The van der Waals surface area contributed by atoms with Gasteiger partial charge in [-0.2, -0.15) is 5.26 Å². The fourth-order valence-electron chi connectivity index (χ4n) is 6.40. The van der Waals surface area contributed by atoms with Crippen molar-refractivity contribution in [1.29, 1.82) is 5.26 Å². The SMILES string of the molecule is CC1(C)c2ccccc2N(c2cc(C#N)cc(-c3cncc(P(=O)(c4ccccc4)c4ccccc4)c3)c2)c2ccccc21. The van der Waals surface area contributed by atoms with E-state index in [0.717, 1.165) is 38.8 Å². The second-order valence-corrected chi connectivity index (χ2v) is 14.4. The minimum Gasteiger partial charge on any atom is -0.310 e. The van der Waals surface area contributed by atoms with Crippen LogP contribution >= 0.6 is 7.14 Å². The molecule has 0 amide bonds. The molecule has 5 aromatic carbocycles. The maximum Gasteiger partial charge on any atom is 0.172 e. The molecule has 4 nitrogen and oxygen atoms in total. The first-order valence-corrected chi connectivity index (χ1v) is 16.3. The fourth-order valence-corrected chi connectivity index (χ4v) is 9.03. The predicted octanol–water partition coefficient (Wildman–Crippen LogP) is 8.37. The van der Waals surface area contributed by atoms with E-state index in [9.17, 15) is 5.26 Å². The fraction of sp³-hybridized carbons (Fsp3) is 0.0769. The zero-order valence-electron chi connectivity index (χ0n) is 24.6. The van der Waals surface area contributed by atoms with Crippen LogP contribution < -0.4 is 20.8 Å². The molecule has 1 aliphatic heterocycles. The van der Waals surface area contributed by atoms with E-state index in [1.54, 1.807) is 12.4 Å². The average Bonchev–Trinajstić information content (AvgIpc) is 3.09. The van der Waals surface area contributed by atoms with Crippen molar-refractivity contribution >= 4 is 40.1 Å². The van der Waals surface area contributed by atoms with Crippen molar-refractivity contribution in [2.24, 2.45) is 0 Å². The molecular weight excluding hydrogens is 557 g/mol. The molecule has 0 aliphatic carbocycles. The molecular formula is C39H30N3OP. The Labute approximate surface area is 258 Å². The lowest BCUT2D eigenvalue weighted by Crippen LogP contribution is -2.30. The van der Waals surface area contributed by atoms with Crippen molar-refractivity contribution in [3.05, 3.63) is 163 Å². The predicted molar refractivity (Wildman–Crippen MR) is 181 cm³/mol. The topological polar surface area (TPSA) is 57.0 Å². The molecule has 0 saturated carbocycles. The lowest BCUT2D eigenvalue weighted by Gasteiger charge is -2.42. The normalized spacial score (nSPS) is 13.4. The van der Waals surface area contributed by atoms with Crippen LogP contribution in [0.4, 0.5) is 17.1 Å². The monoisotopic (exact) mass is 587 g/mol. The first kappa shape index (κ1) is 27.6. The number of nitriles is 1. The summed E-state index contributed by atoms with van der Waals surface area (Å²) in [7, 11) is -3.22. The molecule has 0 spiro atoms. The highest BCUT2D eigenvalue weighted by molar-refractivity contribution is 7.85. The Morgan fingerprint density at radius 1 is 0.636 bits per heavy atom. The summed E-state index contributed by atoms with van der Waals surface area (Å²) in [5.74, 6) is 0. The van der Waals surface area contributed by atoms with Crippen molar-refractivity contribution in [2.75, 3.05) is 4.90 Å². The number of fused-ring (bicyclic) bond motifs is 2. The molecule has 2 heterocycles. The number of para-hydroxylation sites is 2. The van der Waals surface area contributed by atoms with Gasteiger partial charge in [0, 0.05) is 45.0 Å². The van der Waals surface area contributed by atoms with Crippen LogP contribution in [0.15, 0.2) is 146 Å². The molecule has 212 valence electrons. The molecule has 1 aromatic heterocycles. The molecule has 44 heavy (non-hydrogen) atoms. The summed E-state index contributed by atoms with van der Waals surface area (Å²) in [6.45, 7) is 4.52. The lowest BCUT2D eigenvalue weighted by molar-refractivity contribution is 0.592. The molecule has 0 radical (unpaired) electrons. The Hall–Kier alpha value is -5.23. The van der Waals surface area contributed by atoms with Crippen LogP contribution in [0.1, 0.15) is 30.5 Å². The molecule has 5 heteroatoms. The number of benzene rings is 5. The van der Waals surface area contributed by atoms with Crippen LogP contribution in [0.2, 0.25) is 0 Å². The number of hydrogen-bond acceptors (Lipinski definition) is 4. The van der Waals surface area contributed by atoms with Crippen molar-refractivity contribution in [3.63, 3.8) is 0 Å². The van der Waals surface area contributed by atoms with Gasteiger partial charge in [0.05, 0.1) is 23.0 Å². The number of aromatic nitrogens is 1. The molecule has 0 unspecified atom stereocenters. The second kappa shape index (κ2) is 10.8. The molecule has 0 atom stereocenters. The Bertz CT molecular complexity index is 2010. The smallest absolute Gasteiger partial charge is 0.172 e. The molecule has 0 N–H and O–H groups in total. The first-order chi connectivity index (χ1) is 21.4. The number of anilines is 3. The second-order valence-electron chi connectivity index (χ2n) is 11.6. The summed E-state index contributed by atoms with van der Waals surface area (Å²) in [4.78, 5) is 6.84. The van der Waals surface area contributed by atoms with Gasteiger partial charge in [0.25, 0.3) is 0 Å². The van der Waals surface area contributed by atoms with Gasteiger partial charge in [-0.1, -0.05) is 111 Å². The Kier molecular flexibility index (Phi) is 6.77. The summed E-state index contributed by atoms with van der Waals surface area (Å²) < 4.78 is 15.1. The Balaban J connectivity index is 1.41. The van der Waals surface area contributed by atoms with Crippen LogP contribution in [0.5, 0.6) is 0 Å². The van der Waals surface area contributed by atoms with Crippen molar-refractivity contribution < 1.29 is 4.57 Å². The highest BCUT2D eigenvalue weighted by Gasteiger charge is 2.36. The number of nitrogens with zero attached hydrogens (tertiary/aromatic N) is 3. The van der Waals surface area contributed by atoms with Gasteiger partial charge in [0.2, 0.25) is 0 Å². The van der Waals surface area contributed by atoms with Crippen molar-refractivity contribution in [1.82, 2.24) is 4.98 Å². The maximum atomic E-state index is 15.1. The van der Waals surface area contributed by atoms with E-state index in [-0.39, 0.29) is 5.41 Å². The molecule has 0 fully saturated rings. The van der Waals surface area contributed by atoms with E-state index in [0.29, 0.717) is 10.9 Å². The largest absolute Gasteiger partial charge is 0.310 e. The van der Waals surface area contributed by atoms with Gasteiger partial charge in [0.1, 0.15) is 0 Å².